The topological polar surface area (TPSA) is 57.7 Å². The molecule has 5 nitrogen and oxygen atoms in total. The van der Waals surface area contributed by atoms with Gasteiger partial charge in [-0.2, -0.15) is 0 Å². The van der Waals surface area contributed by atoms with Crippen LogP contribution in [0.3, 0.4) is 0 Å². The molecule has 0 unspecified atom stereocenters. The van der Waals surface area contributed by atoms with Crippen molar-refractivity contribution in [3.05, 3.63) is 29.8 Å². The molecule has 2 aliphatic heterocycles. The molecule has 0 bridgehead atoms. The van der Waals surface area contributed by atoms with Gasteiger partial charge in [0.2, 0.25) is 0 Å². The maximum atomic E-state index is 12.8. The van der Waals surface area contributed by atoms with Gasteiger partial charge in [0, 0.05) is 30.4 Å². The number of rotatable bonds is 3. The zero-order chi connectivity index (χ0) is 16.6. The van der Waals surface area contributed by atoms with Crippen molar-refractivity contribution >= 4 is 15.7 Å². The summed E-state index contributed by atoms with van der Waals surface area (Å²) in [5, 5.41) is 0. The lowest BCUT2D eigenvalue weighted by molar-refractivity contribution is 0.0664. The summed E-state index contributed by atoms with van der Waals surface area (Å²) in [6.07, 6.45) is 5.63. The normalized spacial score (nSPS) is 25.9. The number of hydrogen-bond acceptors (Lipinski definition) is 4. The average Bonchev–Trinajstić information content (AvgIpc) is 3.14. The molecule has 2 aliphatic rings. The van der Waals surface area contributed by atoms with Crippen molar-refractivity contribution in [1.82, 2.24) is 9.80 Å². The van der Waals surface area contributed by atoms with Crippen LogP contribution < -0.4 is 0 Å². The lowest BCUT2D eigenvalue weighted by Gasteiger charge is -2.33. The minimum absolute atomic E-state index is 0.0212. The number of likely N-dealkylation sites (tertiary alicyclic amines) is 2. The van der Waals surface area contributed by atoms with Crippen LogP contribution in [0, 0.1) is 0 Å². The second-order valence-corrected chi connectivity index (χ2v) is 8.71. The number of hydrogen-bond donors (Lipinski definition) is 0. The smallest absolute Gasteiger partial charge is 0.254 e. The third kappa shape index (κ3) is 3.28. The molecule has 1 aromatic rings. The number of amides is 1. The molecule has 6 heteroatoms. The summed E-state index contributed by atoms with van der Waals surface area (Å²) >= 11 is 0. The zero-order valence-electron chi connectivity index (χ0n) is 13.7. The Morgan fingerprint density at radius 3 is 2.22 bits per heavy atom. The molecule has 0 spiro atoms. The largest absolute Gasteiger partial charge is 0.334 e. The maximum Gasteiger partial charge on any atom is 0.254 e. The van der Waals surface area contributed by atoms with Crippen LogP contribution in [0.5, 0.6) is 0 Å². The van der Waals surface area contributed by atoms with E-state index in [1.807, 2.05) is 4.90 Å². The van der Waals surface area contributed by atoms with Gasteiger partial charge in [-0.25, -0.2) is 8.42 Å². The van der Waals surface area contributed by atoms with Gasteiger partial charge < -0.3 is 9.80 Å². The van der Waals surface area contributed by atoms with E-state index in [-0.39, 0.29) is 16.8 Å². The van der Waals surface area contributed by atoms with Gasteiger partial charge in [-0.1, -0.05) is 0 Å². The summed E-state index contributed by atoms with van der Waals surface area (Å²) in [5.41, 5.74) is 0.574. The van der Waals surface area contributed by atoms with Gasteiger partial charge in [-0.3, -0.25) is 4.79 Å². The lowest BCUT2D eigenvalue weighted by Crippen LogP contribution is -2.47. The van der Waals surface area contributed by atoms with E-state index in [0.717, 1.165) is 32.4 Å². The van der Waals surface area contributed by atoms with Crippen molar-refractivity contribution in [3.63, 3.8) is 0 Å². The first kappa shape index (κ1) is 16.5. The van der Waals surface area contributed by atoms with E-state index in [1.165, 1.54) is 24.8 Å². The third-order valence-electron chi connectivity index (χ3n) is 5.11. The van der Waals surface area contributed by atoms with E-state index in [4.69, 9.17) is 0 Å². The third-order valence-corrected chi connectivity index (χ3v) is 6.24. The molecule has 0 saturated carbocycles. The molecule has 0 N–H and O–H groups in total. The molecule has 0 radical (unpaired) electrons. The summed E-state index contributed by atoms with van der Waals surface area (Å²) in [6.45, 7) is 1.90. The molecule has 0 aliphatic carbocycles. The Balaban J connectivity index is 1.79. The Bertz CT molecular complexity index is 684. The predicted octanol–water partition coefficient (Wildman–Crippen LogP) is 1.79. The summed E-state index contributed by atoms with van der Waals surface area (Å²) < 4.78 is 23.1. The van der Waals surface area contributed by atoms with Gasteiger partial charge >= 0.3 is 0 Å². The van der Waals surface area contributed by atoms with Crippen LogP contribution in [0.4, 0.5) is 0 Å². The molecule has 2 atom stereocenters. The molecule has 0 aromatic heterocycles. The summed E-state index contributed by atoms with van der Waals surface area (Å²) in [4.78, 5) is 17.4. The van der Waals surface area contributed by atoms with Gasteiger partial charge in [0.1, 0.15) is 0 Å². The second kappa shape index (κ2) is 6.24. The number of benzene rings is 1. The first-order valence-corrected chi connectivity index (χ1v) is 10.1. The molecule has 2 saturated heterocycles. The van der Waals surface area contributed by atoms with E-state index in [0.29, 0.717) is 11.6 Å². The molecule has 1 amide bonds. The van der Waals surface area contributed by atoms with Crippen LogP contribution in [0.2, 0.25) is 0 Å². The van der Waals surface area contributed by atoms with E-state index in [1.54, 1.807) is 12.1 Å². The van der Waals surface area contributed by atoms with Crippen molar-refractivity contribution in [2.45, 2.75) is 42.7 Å². The van der Waals surface area contributed by atoms with Crippen molar-refractivity contribution < 1.29 is 13.2 Å². The van der Waals surface area contributed by atoms with Crippen LogP contribution in [0.15, 0.2) is 29.2 Å². The molecule has 2 fully saturated rings. The second-order valence-electron chi connectivity index (χ2n) is 6.69. The fraction of sp³-hybridized carbons (Fsp3) is 0.588. The molecule has 1 aromatic carbocycles. The Hall–Kier alpha value is -1.40. The van der Waals surface area contributed by atoms with Crippen molar-refractivity contribution in [2.24, 2.45) is 0 Å². The first-order chi connectivity index (χ1) is 10.9. The molecular weight excluding hydrogens is 312 g/mol. The Labute approximate surface area is 138 Å². The highest BCUT2D eigenvalue weighted by atomic mass is 32.2. The van der Waals surface area contributed by atoms with E-state index in [2.05, 4.69) is 11.9 Å². The number of sulfone groups is 1. The summed E-state index contributed by atoms with van der Waals surface area (Å²) in [6, 6.07) is 7.05. The van der Waals surface area contributed by atoms with Gasteiger partial charge in [-0.15, -0.1) is 0 Å². The van der Waals surface area contributed by atoms with Crippen LogP contribution in [-0.2, 0) is 9.84 Å². The fourth-order valence-corrected chi connectivity index (χ4v) is 4.51. The molecule has 126 valence electrons. The molecule has 3 rings (SSSR count). The first-order valence-electron chi connectivity index (χ1n) is 8.19. The standard InChI is InChI=1S/C17H24N2O3S/c1-18-11-3-5-15(18)16-6-4-12-19(16)17(20)13-7-9-14(10-8-13)23(2,21)22/h7-10,15-16H,3-6,11-12H2,1-2H3/t15-,16+/m1/s1. The van der Waals surface area contributed by atoms with Gasteiger partial charge in [0.25, 0.3) is 5.91 Å². The summed E-state index contributed by atoms with van der Waals surface area (Å²) in [7, 11) is -1.09. The van der Waals surface area contributed by atoms with Crippen molar-refractivity contribution in [2.75, 3.05) is 26.4 Å². The van der Waals surface area contributed by atoms with E-state index < -0.39 is 9.84 Å². The number of nitrogens with zero attached hydrogens (tertiary/aromatic N) is 2. The average molecular weight is 336 g/mol. The van der Waals surface area contributed by atoms with Gasteiger partial charge in [0.05, 0.1) is 4.90 Å². The zero-order valence-corrected chi connectivity index (χ0v) is 14.6. The van der Waals surface area contributed by atoms with Gasteiger partial charge in [0.15, 0.2) is 9.84 Å². The summed E-state index contributed by atoms with van der Waals surface area (Å²) in [5.74, 6) is 0.0212. The lowest BCUT2D eigenvalue weighted by atomic mass is 10.0. The number of carbonyl (C=O) groups excluding carboxylic acids is 1. The monoisotopic (exact) mass is 336 g/mol. The fourth-order valence-electron chi connectivity index (χ4n) is 3.88. The van der Waals surface area contributed by atoms with Crippen molar-refractivity contribution in [1.29, 1.82) is 0 Å². The molecular formula is C17H24N2O3S. The Morgan fingerprint density at radius 2 is 1.65 bits per heavy atom. The predicted molar refractivity (Wildman–Crippen MR) is 89.3 cm³/mol. The van der Waals surface area contributed by atoms with Crippen LogP contribution in [-0.4, -0.2) is 62.6 Å². The highest BCUT2D eigenvalue weighted by molar-refractivity contribution is 7.90. The van der Waals surface area contributed by atoms with Crippen LogP contribution in [0.25, 0.3) is 0 Å². The molecule has 23 heavy (non-hydrogen) atoms. The molecule has 2 heterocycles. The van der Waals surface area contributed by atoms with E-state index >= 15 is 0 Å². The Kier molecular flexibility index (Phi) is 4.47. The van der Waals surface area contributed by atoms with Crippen LogP contribution >= 0.6 is 0 Å². The van der Waals surface area contributed by atoms with Gasteiger partial charge in [-0.05, 0) is 63.5 Å². The number of carbonyl (C=O) groups is 1. The van der Waals surface area contributed by atoms with Crippen molar-refractivity contribution in [3.8, 4) is 0 Å². The SMILES string of the molecule is CN1CCC[C@@H]1[C@@H]1CCCN1C(=O)c1ccc(S(C)(=O)=O)cc1. The van der Waals surface area contributed by atoms with Crippen LogP contribution in [0.1, 0.15) is 36.0 Å². The maximum absolute atomic E-state index is 12.8. The Morgan fingerprint density at radius 1 is 1.04 bits per heavy atom. The number of likely N-dealkylation sites (N-methyl/N-ethyl adjacent to an activating group) is 1. The minimum atomic E-state index is -3.23. The highest BCUT2D eigenvalue weighted by Gasteiger charge is 2.38. The highest BCUT2D eigenvalue weighted by Crippen LogP contribution is 2.30. The van der Waals surface area contributed by atoms with E-state index in [9.17, 15) is 13.2 Å². The minimum Gasteiger partial charge on any atom is -0.334 e. The quantitative estimate of drug-likeness (QED) is 0.844.